The Kier molecular flexibility index (Phi) is 28.0. The van der Waals surface area contributed by atoms with E-state index < -0.39 is 0 Å². The first-order valence-electron chi connectivity index (χ1n) is 34.5. The summed E-state index contributed by atoms with van der Waals surface area (Å²) in [6, 6.07) is 18.5. The third kappa shape index (κ3) is 19.7. The maximum absolute atomic E-state index is 15.9. The van der Waals surface area contributed by atoms with Gasteiger partial charge in [-0.3, -0.25) is 9.59 Å². The second kappa shape index (κ2) is 34.5. The van der Waals surface area contributed by atoms with Crippen LogP contribution in [0.2, 0.25) is 0 Å². The maximum atomic E-state index is 15.9. The molecular formula is C75H114N2O2S4. The molecule has 1 atom stereocenters. The van der Waals surface area contributed by atoms with Crippen LogP contribution in [0.15, 0.2) is 48.5 Å². The van der Waals surface area contributed by atoms with Crippen molar-refractivity contribution in [1.82, 2.24) is 0 Å². The van der Waals surface area contributed by atoms with Crippen molar-refractivity contribution in [2.75, 3.05) is 22.9 Å². The molecule has 0 spiro atoms. The Balaban J connectivity index is 1.28. The van der Waals surface area contributed by atoms with Crippen LogP contribution >= 0.6 is 45.3 Å². The summed E-state index contributed by atoms with van der Waals surface area (Å²) < 4.78 is 2.70. The molecule has 0 saturated carbocycles. The number of carbonyl (C=O) groups is 2. The van der Waals surface area contributed by atoms with Crippen LogP contribution in [0.25, 0.3) is 30.3 Å². The lowest BCUT2D eigenvalue weighted by atomic mass is 9.93. The molecule has 0 bridgehead atoms. The minimum absolute atomic E-state index is 0.0248. The summed E-state index contributed by atoms with van der Waals surface area (Å²) in [6.45, 7) is 24.5. The Morgan fingerprint density at radius 3 is 1.05 bits per heavy atom. The van der Waals surface area contributed by atoms with E-state index in [1.54, 1.807) is 22.7 Å². The van der Waals surface area contributed by atoms with E-state index in [9.17, 15) is 0 Å². The molecule has 0 saturated heterocycles. The molecule has 83 heavy (non-hydrogen) atoms. The lowest BCUT2D eigenvalue weighted by Crippen LogP contribution is -2.35. The minimum Gasteiger partial charge on any atom is -0.307 e. The summed E-state index contributed by atoms with van der Waals surface area (Å²) in [5, 5.41) is 2.05. The molecule has 0 radical (unpaired) electrons. The molecule has 0 N–H and O–H groups in total. The van der Waals surface area contributed by atoms with Crippen molar-refractivity contribution in [2.24, 2.45) is 11.8 Å². The standard InChI is InChI=1S/C75H114N2O2S4/c1-11-15-19-23-27-31-35-39-43-56(42-38-34-30-26-22-18-14-4)54-76-60-51-59-61(50-58(60)70(72(76)78)63-47-46-62(80-63)65-52-66-67(81-65)53-69(83-66)75(8,9)10)77(73(79)71(59)64-48-49-68(82-64)74(5,6)7)55-57(44-40-36-32-28-24-20-16-12-2)45-41-37-33-29-25-21-17-13-3/h46-53,56-57H,11-45,54-55H2,1-10H3. The van der Waals surface area contributed by atoms with Crippen LogP contribution in [-0.4, -0.2) is 24.9 Å². The first kappa shape index (κ1) is 67.5. The fraction of sp³-hybridized carbons (Fsp3) is 0.680. The van der Waals surface area contributed by atoms with Crippen molar-refractivity contribution in [2.45, 2.75) is 305 Å². The van der Waals surface area contributed by atoms with Gasteiger partial charge in [-0.1, -0.05) is 268 Å². The van der Waals surface area contributed by atoms with Crippen molar-refractivity contribution in [3.05, 3.63) is 78.5 Å². The van der Waals surface area contributed by atoms with Gasteiger partial charge in [0.2, 0.25) is 0 Å². The van der Waals surface area contributed by atoms with Crippen LogP contribution in [0.5, 0.6) is 0 Å². The second-order valence-electron chi connectivity index (χ2n) is 27.7. The summed E-state index contributed by atoms with van der Waals surface area (Å²) in [7, 11) is 0. The summed E-state index contributed by atoms with van der Waals surface area (Å²) >= 11 is 7.38. The van der Waals surface area contributed by atoms with Crippen molar-refractivity contribution in [1.29, 1.82) is 0 Å². The van der Waals surface area contributed by atoms with Crippen LogP contribution in [0, 0.1) is 11.8 Å². The van der Waals surface area contributed by atoms with Gasteiger partial charge in [0.15, 0.2) is 0 Å². The number of amides is 2. The summed E-state index contributed by atoms with van der Waals surface area (Å²) in [6.07, 6.45) is 45.3. The van der Waals surface area contributed by atoms with E-state index in [1.807, 2.05) is 22.7 Å². The fourth-order valence-electron chi connectivity index (χ4n) is 13.0. The Hall–Kier alpha value is -3.04. The summed E-state index contributed by atoms with van der Waals surface area (Å²) in [5.41, 5.74) is 3.80. The molecule has 6 heterocycles. The van der Waals surface area contributed by atoms with Crippen LogP contribution in [-0.2, 0) is 20.4 Å². The molecule has 4 nitrogen and oxygen atoms in total. The van der Waals surface area contributed by atoms with Gasteiger partial charge < -0.3 is 9.80 Å². The zero-order valence-electron chi connectivity index (χ0n) is 54.3. The molecule has 460 valence electrons. The van der Waals surface area contributed by atoms with E-state index in [-0.39, 0.29) is 22.6 Å². The number of fused-ring (bicyclic) bond motifs is 3. The normalized spacial score (nSPS) is 14.3. The van der Waals surface area contributed by atoms with E-state index in [4.69, 9.17) is 0 Å². The smallest absolute Gasteiger partial charge is 0.260 e. The number of anilines is 2. The SMILES string of the molecule is CCCCCCCCCCC(CCCCCCCCC)CN1C(=O)C(c2ccc(-c3cc4sc(C(C)(C)C)cc4s3)s2)=c2cc3c(cc21)=C(c1ccc(C(C)(C)C)s1)C(=O)N3CC(CCCCCCCCCC)CCCCCCCCCC. The average Bonchev–Trinajstić information content (AvgIpc) is 2.02. The van der Waals surface area contributed by atoms with Crippen molar-refractivity contribution in [3.63, 3.8) is 0 Å². The Morgan fingerprint density at radius 2 is 0.687 bits per heavy atom. The first-order valence-corrected chi connectivity index (χ1v) is 37.7. The number of unbranched alkanes of at least 4 members (excludes halogenated alkanes) is 27. The van der Waals surface area contributed by atoms with Gasteiger partial charge in [0.25, 0.3) is 11.8 Å². The second-order valence-corrected chi connectivity index (χ2v) is 32.0. The Morgan fingerprint density at radius 1 is 0.349 bits per heavy atom. The molecule has 0 fully saturated rings. The van der Waals surface area contributed by atoms with Gasteiger partial charge in [-0.2, -0.15) is 0 Å². The molecule has 8 heteroatoms. The van der Waals surface area contributed by atoms with Crippen molar-refractivity contribution in [3.8, 4) is 9.75 Å². The average molecular weight is 1200 g/mol. The topological polar surface area (TPSA) is 40.6 Å². The van der Waals surface area contributed by atoms with Crippen LogP contribution in [0.1, 0.15) is 313 Å². The molecule has 7 rings (SSSR count). The molecule has 2 amide bonds. The molecule has 5 aromatic rings. The molecular weight excluding hydrogens is 1090 g/mol. The number of hydrogen-bond donors (Lipinski definition) is 0. The first-order chi connectivity index (χ1) is 40.2. The molecule has 4 aromatic heterocycles. The summed E-state index contributed by atoms with van der Waals surface area (Å²) in [5.74, 6) is 1.15. The van der Waals surface area contributed by atoms with Crippen molar-refractivity contribution >= 4 is 89.1 Å². The quantitative estimate of drug-likeness (QED) is 0.0365. The molecule has 2 aliphatic heterocycles. The van der Waals surface area contributed by atoms with Gasteiger partial charge >= 0.3 is 0 Å². The van der Waals surface area contributed by atoms with Gasteiger partial charge in [0.1, 0.15) is 0 Å². The molecule has 1 unspecified atom stereocenters. The van der Waals surface area contributed by atoms with Gasteiger partial charge in [-0.05, 0) is 96.9 Å². The number of thiophene rings is 4. The monoisotopic (exact) mass is 1200 g/mol. The highest BCUT2D eigenvalue weighted by atomic mass is 32.1. The maximum Gasteiger partial charge on any atom is 0.260 e. The Bertz CT molecular complexity index is 2810. The van der Waals surface area contributed by atoms with Gasteiger partial charge in [-0.15, -0.1) is 45.3 Å². The van der Waals surface area contributed by atoms with Crippen molar-refractivity contribution < 1.29 is 9.59 Å². The highest BCUT2D eigenvalue weighted by Gasteiger charge is 2.38. The zero-order chi connectivity index (χ0) is 59.2. The van der Waals surface area contributed by atoms with Gasteiger partial charge in [0, 0.05) is 62.2 Å². The number of rotatable bonds is 42. The zero-order valence-corrected chi connectivity index (χ0v) is 57.5. The van der Waals surface area contributed by atoms with E-state index in [0.29, 0.717) is 11.8 Å². The third-order valence-electron chi connectivity index (χ3n) is 18.3. The largest absolute Gasteiger partial charge is 0.307 e. The third-order valence-corrected chi connectivity index (χ3v) is 23.8. The Labute approximate surface area is 522 Å². The number of benzene rings is 1. The number of nitrogens with zero attached hydrogens (tertiary/aromatic N) is 2. The molecule has 1 aromatic carbocycles. The van der Waals surface area contributed by atoms with E-state index in [1.165, 1.54) is 228 Å². The van der Waals surface area contributed by atoms with Crippen LogP contribution in [0.3, 0.4) is 0 Å². The number of hydrogen-bond acceptors (Lipinski definition) is 6. The number of carbonyl (C=O) groups excluding carboxylic acids is 2. The van der Waals surface area contributed by atoms with E-state index >= 15 is 9.59 Å². The highest BCUT2D eigenvalue weighted by Crippen LogP contribution is 2.45. The fourth-order valence-corrected chi connectivity index (χ4v) is 17.8. The minimum atomic E-state index is -0.0248. The lowest BCUT2D eigenvalue weighted by Gasteiger charge is -2.27. The molecule has 0 aliphatic carbocycles. The van der Waals surface area contributed by atoms with Gasteiger partial charge in [0.05, 0.1) is 22.5 Å². The van der Waals surface area contributed by atoms with Crippen LogP contribution < -0.4 is 20.2 Å². The molecule has 2 aliphatic rings. The lowest BCUT2D eigenvalue weighted by molar-refractivity contribution is -0.114. The van der Waals surface area contributed by atoms with Crippen LogP contribution in [0.4, 0.5) is 11.4 Å². The van der Waals surface area contributed by atoms with E-state index in [0.717, 1.165) is 81.5 Å². The van der Waals surface area contributed by atoms with E-state index in [2.05, 4.69) is 128 Å². The van der Waals surface area contributed by atoms with Gasteiger partial charge in [-0.25, -0.2) is 0 Å². The highest BCUT2D eigenvalue weighted by molar-refractivity contribution is 7.31. The summed E-state index contributed by atoms with van der Waals surface area (Å²) in [4.78, 5) is 43.4. The predicted octanol–water partition coefficient (Wildman–Crippen LogP) is 23.4. The predicted molar refractivity (Wildman–Crippen MR) is 371 cm³/mol.